The average molecular weight is 448 g/mol. The van der Waals surface area contributed by atoms with E-state index in [1.807, 2.05) is 30.9 Å². The van der Waals surface area contributed by atoms with Crippen molar-refractivity contribution in [1.29, 1.82) is 0 Å². The largest absolute Gasteiger partial charge is 0.378 e. The minimum atomic E-state index is -0.0446. The lowest BCUT2D eigenvalue weighted by atomic mass is 9.96. The molecule has 1 N–H and O–H groups in total. The molecule has 1 unspecified atom stereocenters. The van der Waals surface area contributed by atoms with Crippen molar-refractivity contribution < 1.29 is 14.3 Å². The summed E-state index contributed by atoms with van der Waals surface area (Å²) >= 11 is 0. The molecule has 2 aliphatic rings. The molecule has 2 aromatic heterocycles. The van der Waals surface area contributed by atoms with Gasteiger partial charge in [0.2, 0.25) is 0 Å². The van der Waals surface area contributed by atoms with Crippen LogP contribution in [-0.4, -0.2) is 76.0 Å². The van der Waals surface area contributed by atoms with Crippen LogP contribution >= 0.6 is 0 Å². The zero-order valence-corrected chi connectivity index (χ0v) is 19.1. The van der Waals surface area contributed by atoms with Gasteiger partial charge in [0.05, 0.1) is 24.5 Å². The molecule has 33 heavy (non-hydrogen) atoms. The Balaban J connectivity index is 1.31. The summed E-state index contributed by atoms with van der Waals surface area (Å²) in [5.74, 6) is 0.720. The molecule has 8 nitrogen and oxygen atoms in total. The quantitative estimate of drug-likeness (QED) is 0.666. The second kappa shape index (κ2) is 8.94. The third kappa shape index (κ3) is 4.35. The highest BCUT2D eigenvalue weighted by Crippen LogP contribution is 2.27. The number of aryl methyl sites for hydroxylation is 2. The van der Waals surface area contributed by atoms with Crippen LogP contribution in [0, 0.1) is 13.8 Å². The fourth-order valence-electron chi connectivity index (χ4n) is 4.73. The highest BCUT2D eigenvalue weighted by atomic mass is 16.5. The summed E-state index contributed by atoms with van der Waals surface area (Å²) in [5.41, 5.74) is 3.97. The van der Waals surface area contributed by atoms with E-state index >= 15 is 0 Å². The molecule has 2 saturated heterocycles. The third-order valence-corrected chi connectivity index (χ3v) is 6.61. The number of H-pyrrole nitrogens is 1. The number of carbonyl (C=O) groups excluding carboxylic acids is 2. The maximum absolute atomic E-state index is 13.2. The topological polar surface area (TPSA) is 91.4 Å². The number of rotatable bonds is 3. The fourth-order valence-corrected chi connectivity index (χ4v) is 4.73. The predicted octanol–water partition coefficient (Wildman–Crippen LogP) is 3.07. The standard InChI is InChI=1S/C25H29N5O3/c1-16-5-6-18-13-22(28-21(18)12-16)25(32)30-7-3-4-19(15-30)23-26-14-20(17(2)27-23)24(31)29-8-10-33-11-9-29/h5-6,12-14,19,28H,3-4,7-11,15H2,1-2H3. The number of benzene rings is 1. The molecule has 2 amide bonds. The maximum Gasteiger partial charge on any atom is 0.270 e. The number of nitrogens with zero attached hydrogens (tertiary/aromatic N) is 4. The first-order valence-corrected chi connectivity index (χ1v) is 11.6. The van der Waals surface area contributed by atoms with E-state index in [2.05, 4.69) is 27.1 Å². The minimum Gasteiger partial charge on any atom is -0.378 e. The number of hydrogen-bond acceptors (Lipinski definition) is 5. The summed E-state index contributed by atoms with van der Waals surface area (Å²) < 4.78 is 5.34. The molecular formula is C25H29N5O3. The van der Waals surface area contributed by atoms with Crippen LogP contribution in [0.15, 0.2) is 30.5 Å². The lowest BCUT2D eigenvalue weighted by molar-refractivity contribution is 0.0301. The molecule has 1 aromatic carbocycles. The Kier molecular flexibility index (Phi) is 5.85. The highest BCUT2D eigenvalue weighted by Gasteiger charge is 2.29. The third-order valence-electron chi connectivity index (χ3n) is 6.61. The maximum atomic E-state index is 13.2. The van der Waals surface area contributed by atoms with E-state index in [0.717, 1.165) is 35.9 Å². The zero-order chi connectivity index (χ0) is 22.9. The molecule has 0 saturated carbocycles. The van der Waals surface area contributed by atoms with E-state index in [4.69, 9.17) is 4.74 Å². The van der Waals surface area contributed by atoms with Crippen LogP contribution < -0.4 is 0 Å². The Bertz CT molecular complexity index is 1200. The summed E-state index contributed by atoms with van der Waals surface area (Å²) in [6.45, 7) is 7.49. The van der Waals surface area contributed by atoms with E-state index < -0.39 is 0 Å². The first kappa shape index (κ1) is 21.6. The summed E-state index contributed by atoms with van der Waals surface area (Å²) in [5, 5.41) is 1.04. The zero-order valence-electron chi connectivity index (χ0n) is 19.1. The molecular weight excluding hydrogens is 418 g/mol. The number of aromatic amines is 1. The van der Waals surface area contributed by atoms with E-state index in [1.165, 1.54) is 0 Å². The number of ether oxygens (including phenoxy) is 1. The smallest absolute Gasteiger partial charge is 0.270 e. The van der Waals surface area contributed by atoms with Gasteiger partial charge in [0.1, 0.15) is 11.5 Å². The second-order valence-corrected chi connectivity index (χ2v) is 9.00. The molecule has 5 rings (SSSR count). The van der Waals surface area contributed by atoms with Crippen LogP contribution in [0.4, 0.5) is 0 Å². The van der Waals surface area contributed by atoms with Crippen molar-refractivity contribution in [2.75, 3.05) is 39.4 Å². The molecule has 0 aliphatic carbocycles. The average Bonchev–Trinajstić information content (AvgIpc) is 3.27. The van der Waals surface area contributed by atoms with Crippen molar-refractivity contribution in [3.05, 3.63) is 58.8 Å². The monoisotopic (exact) mass is 447 g/mol. The molecule has 1 atom stereocenters. The molecule has 8 heteroatoms. The van der Waals surface area contributed by atoms with Gasteiger partial charge in [-0.25, -0.2) is 9.97 Å². The van der Waals surface area contributed by atoms with Crippen molar-refractivity contribution in [3.8, 4) is 0 Å². The molecule has 4 heterocycles. The highest BCUT2D eigenvalue weighted by molar-refractivity contribution is 5.98. The van der Waals surface area contributed by atoms with Crippen LogP contribution in [0.5, 0.6) is 0 Å². The molecule has 0 radical (unpaired) electrons. The summed E-state index contributed by atoms with van der Waals surface area (Å²) in [6.07, 6.45) is 3.47. The molecule has 172 valence electrons. The number of likely N-dealkylation sites (tertiary alicyclic amines) is 1. The van der Waals surface area contributed by atoms with Crippen LogP contribution in [0.1, 0.15) is 56.7 Å². The molecule has 2 aliphatic heterocycles. The van der Waals surface area contributed by atoms with Crippen LogP contribution in [0.25, 0.3) is 10.9 Å². The molecule has 3 aromatic rings. The van der Waals surface area contributed by atoms with Gasteiger partial charge in [0, 0.05) is 49.2 Å². The number of nitrogens with one attached hydrogen (secondary N) is 1. The Labute approximate surface area is 193 Å². The first-order valence-electron chi connectivity index (χ1n) is 11.6. The SMILES string of the molecule is Cc1ccc2cc(C(=O)N3CCCC(c4ncc(C(=O)N5CCOCC5)c(C)n4)C3)[nH]c2c1. The molecule has 2 fully saturated rings. The summed E-state index contributed by atoms with van der Waals surface area (Å²) in [6, 6.07) is 8.07. The minimum absolute atomic E-state index is 0.00407. The van der Waals surface area contributed by atoms with Gasteiger partial charge >= 0.3 is 0 Å². The van der Waals surface area contributed by atoms with Gasteiger partial charge in [-0.1, -0.05) is 12.1 Å². The Hall–Kier alpha value is -3.26. The van der Waals surface area contributed by atoms with Gasteiger partial charge in [-0.05, 0) is 44.4 Å². The lowest BCUT2D eigenvalue weighted by Gasteiger charge is -2.32. The number of aromatic nitrogens is 3. The number of piperidine rings is 1. The number of fused-ring (bicyclic) bond motifs is 1. The fraction of sp³-hybridized carbons (Fsp3) is 0.440. The van der Waals surface area contributed by atoms with Gasteiger partial charge in [-0.3, -0.25) is 9.59 Å². The van der Waals surface area contributed by atoms with Gasteiger partial charge < -0.3 is 19.5 Å². The number of morpholine rings is 1. The predicted molar refractivity (Wildman–Crippen MR) is 124 cm³/mol. The molecule has 0 spiro atoms. The van der Waals surface area contributed by atoms with Crippen molar-refractivity contribution in [1.82, 2.24) is 24.8 Å². The van der Waals surface area contributed by atoms with Crippen LogP contribution in [-0.2, 0) is 4.74 Å². The second-order valence-electron chi connectivity index (χ2n) is 9.00. The normalized spacial score (nSPS) is 19.2. The van der Waals surface area contributed by atoms with Crippen molar-refractivity contribution in [2.45, 2.75) is 32.6 Å². The van der Waals surface area contributed by atoms with E-state index in [-0.39, 0.29) is 17.7 Å². The van der Waals surface area contributed by atoms with Gasteiger partial charge in [-0.2, -0.15) is 0 Å². The van der Waals surface area contributed by atoms with Crippen molar-refractivity contribution in [2.24, 2.45) is 0 Å². The number of carbonyl (C=O) groups is 2. The van der Waals surface area contributed by atoms with E-state index in [9.17, 15) is 9.59 Å². The van der Waals surface area contributed by atoms with E-state index in [0.29, 0.717) is 55.6 Å². The number of hydrogen-bond donors (Lipinski definition) is 1. The molecule has 0 bridgehead atoms. The number of amides is 2. The van der Waals surface area contributed by atoms with Gasteiger partial charge in [0.25, 0.3) is 11.8 Å². The van der Waals surface area contributed by atoms with Crippen LogP contribution in [0.2, 0.25) is 0 Å². The van der Waals surface area contributed by atoms with Crippen molar-refractivity contribution in [3.63, 3.8) is 0 Å². The van der Waals surface area contributed by atoms with Crippen molar-refractivity contribution >= 4 is 22.7 Å². The van der Waals surface area contributed by atoms with E-state index in [1.54, 1.807) is 11.1 Å². The lowest BCUT2D eigenvalue weighted by Crippen LogP contribution is -2.41. The summed E-state index contributed by atoms with van der Waals surface area (Å²) in [7, 11) is 0. The van der Waals surface area contributed by atoms with Gasteiger partial charge in [-0.15, -0.1) is 0 Å². The first-order chi connectivity index (χ1) is 16.0. The van der Waals surface area contributed by atoms with Gasteiger partial charge in [0.15, 0.2) is 0 Å². The Morgan fingerprint density at radius 3 is 2.67 bits per heavy atom. The summed E-state index contributed by atoms with van der Waals surface area (Å²) in [4.78, 5) is 42.2. The Morgan fingerprint density at radius 2 is 1.88 bits per heavy atom. The Morgan fingerprint density at radius 1 is 1.06 bits per heavy atom. The van der Waals surface area contributed by atoms with Crippen LogP contribution in [0.3, 0.4) is 0 Å².